The monoisotopic (exact) mass is 394 g/mol. The lowest BCUT2D eigenvalue weighted by Gasteiger charge is -2.30. The first-order chi connectivity index (χ1) is 14.2. The van der Waals surface area contributed by atoms with Crippen LogP contribution in [0.25, 0.3) is 0 Å². The van der Waals surface area contributed by atoms with Crippen molar-refractivity contribution in [2.45, 2.75) is 51.2 Å². The summed E-state index contributed by atoms with van der Waals surface area (Å²) in [4.78, 5) is 2.61. The van der Waals surface area contributed by atoms with E-state index in [1.165, 1.54) is 35.1 Å². The Morgan fingerprint density at radius 1 is 0.966 bits per heavy atom. The van der Waals surface area contributed by atoms with E-state index < -0.39 is 0 Å². The van der Waals surface area contributed by atoms with Crippen molar-refractivity contribution in [2.24, 2.45) is 11.7 Å². The summed E-state index contributed by atoms with van der Waals surface area (Å²) < 4.78 is 10.9. The van der Waals surface area contributed by atoms with E-state index in [0.717, 1.165) is 63.8 Å². The molecule has 0 saturated carbocycles. The van der Waals surface area contributed by atoms with E-state index in [-0.39, 0.29) is 0 Å². The van der Waals surface area contributed by atoms with E-state index in [1.807, 2.05) is 0 Å². The molecule has 1 fully saturated rings. The fourth-order valence-electron chi connectivity index (χ4n) is 4.66. The molecule has 2 aromatic carbocycles. The molecular formula is C25H34N2O2. The number of aryl methyl sites for hydroxylation is 1. The summed E-state index contributed by atoms with van der Waals surface area (Å²) in [6.45, 7) is 4.88. The van der Waals surface area contributed by atoms with E-state index in [9.17, 15) is 0 Å². The number of nitrogens with two attached hydrogens (primary N) is 1. The van der Waals surface area contributed by atoms with Gasteiger partial charge in [0.25, 0.3) is 0 Å². The Hall–Kier alpha value is -1.88. The van der Waals surface area contributed by atoms with E-state index in [0.29, 0.717) is 6.04 Å². The molecule has 0 amide bonds. The molecule has 4 rings (SSSR count). The van der Waals surface area contributed by atoms with Crippen LogP contribution < -0.4 is 10.5 Å². The first kappa shape index (κ1) is 20.4. The number of hydrogen-bond acceptors (Lipinski definition) is 4. The van der Waals surface area contributed by atoms with Gasteiger partial charge in [-0.15, -0.1) is 0 Å². The van der Waals surface area contributed by atoms with Crippen LogP contribution in [0.1, 0.15) is 41.5 Å². The van der Waals surface area contributed by atoms with Crippen molar-refractivity contribution in [1.82, 2.24) is 4.90 Å². The summed E-state index contributed by atoms with van der Waals surface area (Å²) in [6.07, 6.45) is 5.58. The second-order valence-corrected chi connectivity index (χ2v) is 8.68. The first-order valence-corrected chi connectivity index (χ1v) is 11.0. The molecule has 1 aliphatic heterocycles. The van der Waals surface area contributed by atoms with E-state index in [1.54, 1.807) is 7.11 Å². The number of nitrogens with zero attached hydrogens (tertiary/aromatic N) is 1. The molecule has 2 N–H and O–H groups in total. The van der Waals surface area contributed by atoms with Gasteiger partial charge in [-0.1, -0.05) is 30.3 Å². The summed E-state index contributed by atoms with van der Waals surface area (Å²) in [5.41, 5.74) is 11.8. The van der Waals surface area contributed by atoms with Crippen LogP contribution in [0.4, 0.5) is 0 Å². The predicted octanol–water partition coefficient (Wildman–Crippen LogP) is 3.94. The van der Waals surface area contributed by atoms with Crippen LogP contribution in [0.5, 0.6) is 5.75 Å². The lowest BCUT2D eigenvalue weighted by molar-refractivity contribution is 0.0502. The zero-order chi connectivity index (χ0) is 20.1. The zero-order valence-electron chi connectivity index (χ0n) is 17.6. The summed E-state index contributed by atoms with van der Waals surface area (Å²) in [5.74, 6) is 1.63. The first-order valence-electron chi connectivity index (χ1n) is 11.0. The molecule has 4 heteroatoms. The van der Waals surface area contributed by atoms with Gasteiger partial charge in [0.05, 0.1) is 7.11 Å². The molecule has 1 atom stereocenters. The largest absolute Gasteiger partial charge is 0.497 e. The van der Waals surface area contributed by atoms with E-state index in [2.05, 4.69) is 47.4 Å². The molecule has 0 bridgehead atoms. The number of ether oxygens (including phenoxy) is 2. The van der Waals surface area contributed by atoms with Gasteiger partial charge in [0.2, 0.25) is 0 Å². The Kier molecular flexibility index (Phi) is 6.86. The molecule has 29 heavy (non-hydrogen) atoms. The third kappa shape index (κ3) is 5.59. The standard InChI is InChI=1S/C25H34N2O2/c1-28-25-8-3-19(4-9-25)16-27(17-20-10-12-29-13-11-20)18-21-2-5-23-15-24(26)7-6-22(23)14-21/h2-5,8-9,14,20,24H,6-7,10-13,15-18,26H2,1H3. The highest BCUT2D eigenvalue weighted by Crippen LogP contribution is 2.24. The predicted molar refractivity (Wildman–Crippen MR) is 117 cm³/mol. The zero-order valence-corrected chi connectivity index (χ0v) is 17.6. The van der Waals surface area contributed by atoms with Crippen LogP contribution in [-0.4, -0.2) is 37.8 Å². The van der Waals surface area contributed by atoms with Gasteiger partial charge in [0, 0.05) is 38.9 Å². The van der Waals surface area contributed by atoms with E-state index >= 15 is 0 Å². The molecule has 156 valence electrons. The van der Waals surface area contributed by atoms with Crippen LogP contribution >= 0.6 is 0 Å². The maximum absolute atomic E-state index is 6.15. The Labute approximate surface area is 175 Å². The highest BCUT2D eigenvalue weighted by atomic mass is 16.5. The summed E-state index contributed by atoms with van der Waals surface area (Å²) >= 11 is 0. The molecule has 1 saturated heterocycles. The molecule has 2 aliphatic rings. The molecule has 1 heterocycles. The molecule has 2 aromatic rings. The van der Waals surface area contributed by atoms with Gasteiger partial charge < -0.3 is 15.2 Å². The van der Waals surface area contributed by atoms with E-state index in [4.69, 9.17) is 15.2 Å². The van der Waals surface area contributed by atoms with Gasteiger partial charge in [-0.05, 0) is 72.4 Å². The smallest absolute Gasteiger partial charge is 0.118 e. The van der Waals surface area contributed by atoms with Gasteiger partial charge >= 0.3 is 0 Å². The highest BCUT2D eigenvalue weighted by molar-refractivity contribution is 5.35. The van der Waals surface area contributed by atoms with Gasteiger partial charge in [0.1, 0.15) is 5.75 Å². The minimum absolute atomic E-state index is 0.327. The van der Waals surface area contributed by atoms with Gasteiger partial charge in [0.15, 0.2) is 0 Å². The molecule has 1 unspecified atom stereocenters. The lowest BCUT2D eigenvalue weighted by Crippen LogP contribution is -2.32. The molecule has 0 aromatic heterocycles. The van der Waals surface area contributed by atoms with Gasteiger partial charge in [-0.2, -0.15) is 0 Å². The van der Waals surface area contributed by atoms with Crippen molar-refractivity contribution in [3.63, 3.8) is 0 Å². The number of hydrogen-bond donors (Lipinski definition) is 1. The SMILES string of the molecule is COc1ccc(CN(Cc2ccc3c(c2)CCC(N)C3)CC2CCOCC2)cc1. The van der Waals surface area contributed by atoms with Crippen LogP contribution in [0.15, 0.2) is 42.5 Å². The minimum Gasteiger partial charge on any atom is -0.497 e. The number of rotatable bonds is 7. The van der Waals surface area contributed by atoms with Crippen molar-refractivity contribution in [2.75, 3.05) is 26.9 Å². The molecule has 0 radical (unpaired) electrons. The average Bonchev–Trinajstić information content (AvgIpc) is 2.75. The lowest BCUT2D eigenvalue weighted by atomic mass is 9.87. The van der Waals surface area contributed by atoms with Crippen LogP contribution in [-0.2, 0) is 30.7 Å². The molecule has 1 aliphatic carbocycles. The second-order valence-electron chi connectivity index (χ2n) is 8.68. The van der Waals surface area contributed by atoms with Gasteiger partial charge in [-0.3, -0.25) is 4.90 Å². The molecule has 0 spiro atoms. The van der Waals surface area contributed by atoms with Crippen molar-refractivity contribution in [3.05, 3.63) is 64.7 Å². The van der Waals surface area contributed by atoms with Crippen molar-refractivity contribution >= 4 is 0 Å². The normalized spacial score (nSPS) is 19.9. The second kappa shape index (κ2) is 9.75. The molecular weight excluding hydrogens is 360 g/mol. The van der Waals surface area contributed by atoms with Crippen LogP contribution in [0.3, 0.4) is 0 Å². The number of benzene rings is 2. The van der Waals surface area contributed by atoms with Crippen molar-refractivity contribution in [1.29, 1.82) is 0 Å². The average molecular weight is 395 g/mol. The fraction of sp³-hybridized carbons (Fsp3) is 0.520. The Morgan fingerprint density at radius 3 is 2.45 bits per heavy atom. The molecule has 4 nitrogen and oxygen atoms in total. The maximum atomic E-state index is 6.15. The Bertz CT molecular complexity index is 784. The third-order valence-electron chi connectivity index (χ3n) is 6.37. The van der Waals surface area contributed by atoms with Gasteiger partial charge in [-0.25, -0.2) is 0 Å². The number of fused-ring (bicyclic) bond motifs is 1. The van der Waals surface area contributed by atoms with Crippen LogP contribution in [0.2, 0.25) is 0 Å². The Morgan fingerprint density at radius 2 is 1.69 bits per heavy atom. The summed E-state index contributed by atoms with van der Waals surface area (Å²) in [7, 11) is 1.72. The Balaban J connectivity index is 1.48. The summed E-state index contributed by atoms with van der Waals surface area (Å²) in [5, 5.41) is 0. The van der Waals surface area contributed by atoms with Crippen molar-refractivity contribution in [3.8, 4) is 5.75 Å². The third-order valence-corrected chi connectivity index (χ3v) is 6.37. The highest BCUT2D eigenvalue weighted by Gasteiger charge is 2.20. The fourth-order valence-corrected chi connectivity index (χ4v) is 4.66. The van der Waals surface area contributed by atoms with Crippen LogP contribution in [0, 0.1) is 5.92 Å². The summed E-state index contributed by atoms with van der Waals surface area (Å²) in [6, 6.07) is 15.9. The quantitative estimate of drug-likeness (QED) is 0.773. The maximum Gasteiger partial charge on any atom is 0.118 e. The van der Waals surface area contributed by atoms with Crippen molar-refractivity contribution < 1.29 is 9.47 Å². The minimum atomic E-state index is 0.327. The number of methoxy groups -OCH3 is 1. The topological polar surface area (TPSA) is 47.7 Å².